The highest BCUT2D eigenvalue weighted by molar-refractivity contribution is 5.91. The summed E-state index contributed by atoms with van der Waals surface area (Å²) in [5.41, 5.74) is 5.30. The smallest absolute Gasteiger partial charge is 0.407 e. The first-order chi connectivity index (χ1) is 19.7. The number of nitrogens with one attached hydrogen (secondary N) is 1. The third-order valence-corrected chi connectivity index (χ3v) is 6.23. The van der Waals surface area contributed by atoms with Gasteiger partial charge in [-0.1, -0.05) is 43.7 Å². The van der Waals surface area contributed by atoms with Gasteiger partial charge in [0.25, 0.3) is 0 Å². The van der Waals surface area contributed by atoms with Gasteiger partial charge >= 0.3 is 18.0 Å². The van der Waals surface area contributed by atoms with Crippen molar-refractivity contribution in [3.8, 4) is 17.0 Å². The predicted octanol–water partition coefficient (Wildman–Crippen LogP) is 5.24. The van der Waals surface area contributed by atoms with Gasteiger partial charge in [0, 0.05) is 35.3 Å². The number of amides is 1. The number of hydrogen-bond donors (Lipinski definition) is 2. The summed E-state index contributed by atoms with van der Waals surface area (Å²) in [7, 11) is 1.22. The molecule has 2 N–H and O–H groups in total. The second kappa shape index (κ2) is 13.5. The zero-order valence-electron chi connectivity index (χ0n) is 25.5. The van der Waals surface area contributed by atoms with Gasteiger partial charge in [-0.15, -0.1) is 5.10 Å². The summed E-state index contributed by atoms with van der Waals surface area (Å²) in [6.07, 6.45) is 1.42. The number of aliphatic carboxylic acids is 1. The molecule has 1 aromatic carbocycles. The van der Waals surface area contributed by atoms with Crippen LogP contribution in [0.3, 0.4) is 0 Å². The monoisotopic (exact) mass is 580 g/mol. The Hall–Kier alpha value is -4.41. The van der Waals surface area contributed by atoms with E-state index in [0.29, 0.717) is 18.0 Å². The van der Waals surface area contributed by atoms with Crippen molar-refractivity contribution in [1.82, 2.24) is 20.1 Å². The molecule has 11 heteroatoms. The lowest BCUT2D eigenvalue weighted by atomic mass is 9.90. The predicted molar refractivity (Wildman–Crippen MR) is 156 cm³/mol. The lowest BCUT2D eigenvalue weighted by Gasteiger charge is -2.23. The van der Waals surface area contributed by atoms with Crippen LogP contribution < -0.4 is 10.1 Å². The molecular weight excluding hydrogens is 540 g/mol. The number of carboxylic acids is 1. The highest BCUT2D eigenvalue weighted by Crippen LogP contribution is 2.34. The van der Waals surface area contributed by atoms with Crippen LogP contribution in [-0.2, 0) is 40.4 Å². The number of benzene rings is 1. The molecule has 0 unspecified atom stereocenters. The van der Waals surface area contributed by atoms with Crippen LogP contribution in [0, 0.1) is 19.8 Å². The first-order valence-corrected chi connectivity index (χ1v) is 13.7. The maximum atomic E-state index is 12.7. The van der Waals surface area contributed by atoms with Gasteiger partial charge in [0.1, 0.15) is 24.3 Å². The van der Waals surface area contributed by atoms with Crippen molar-refractivity contribution < 1.29 is 33.7 Å². The lowest BCUT2D eigenvalue weighted by molar-refractivity contribution is -0.137. The Labute approximate surface area is 246 Å². The molecule has 2 heterocycles. The SMILES string of the molecule is COC(=O)c1cn(CC(=O)O)nc1OCc1c(C)nc(CC(C)C)c(CNC(=O)OC(C)(C)C)c1-c1ccc(C)cc1. The third kappa shape index (κ3) is 8.55. The van der Waals surface area contributed by atoms with Gasteiger partial charge in [0.05, 0.1) is 7.11 Å². The average molecular weight is 581 g/mol. The Balaban J connectivity index is 2.13. The summed E-state index contributed by atoms with van der Waals surface area (Å²) in [6, 6.07) is 8.02. The summed E-state index contributed by atoms with van der Waals surface area (Å²) in [4.78, 5) is 41.2. The van der Waals surface area contributed by atoms with E-state index in [9.17, 15) is 19.5 Å². The van der Waals surface area contributed by atoms with Gasteiger partial charge in [-0.3, -0.25) is 14.5 Å². The number of carbonyl (C=O) groups is 3. The van der Waals surface area contributed by atoms with Crippen LogP contribution >= 0.6 is 0 Å². The van der Waals surface area contributed by atoms with Crippen molar-refractivity contribution in [2.75, 3.05) is 7.11 Å². The van der Waals surface area contributed by atoms with E-state index in [1.165, 1.54) is 13.3 Å². The van der Waals surface area contributed by atoms with Crippen LogP contribution in [0.5, 0.6) is 5.88 Å². The fourth-order valence-corrected chi connectivity index (χ4v) is 4.43. The molecule has 0 aliphatic rings. The maximum Gasteiger partial charge on any atom is 0.407 e. The Morgan fingerprint density at radius 1 is 1.07 bits per heavy atom. The van der Waals surface area contributed by atoms with E-state index < -0.39 is 30.2 Å². The molecule has 0 saturated carbocycles. The summed E-state index contributed by atoms with van der Waals surface area (Å²) in [5, 5.41) is 16.3. The molecule has 3 aromatic rings. The Bertz CT molecular complexity index is 1440. The number of ether oxygens (including phenoxy) is 3. The Kier molecular flexibility index (Phi) is 10.3. The second-order valence-electron chi connectivity index (χ2n) is 11.5. The van der Waals surface area contributed by atoms with Crippen molar-refractivity contribution >= 4 is 18.0 Å². The quantitative estimate of drug-likeness (QED) is 0.291. The topological polar surface area (TPSA) is 142 Å². The van der Waals surface area contributed by atoms with Crippen LogP contribution in [0.1, 0.15) is 73.1 Å². The molecule has 0 fully saturated rings. The molecule has 42 heavy (non-hydrogen) atoms. The molecule has 1 amide bonds. The minimum absolute atomic E-state index is 0.00416. The Morgan fingerprint density at radius 3 is 2.31 bits per heavy atom. The van der Waals surface area contributed by atoms with Gasteiger partial charge in [0.15, 0.2) is 0 Å². The molecular formula is C31H40N4O7. The molecule has 0 bridgehead atoms. The summed E-state index contributed by atoms with van der Waals surface area (Å²) in [5.74, 6) is -1.59. The number of hydrogen-bond acceptors (Lipinski definition) is 8. The van der Waals surface area contributed by atoms with Gasteiger partial charge in [-0.2, -0.15) is 0 Å². The molecule has 3 rings (SSSR count). The number of aromatic nitrogens is 3. The normalized spacial score (nSPS) is 11.4. The minimum atomic E-state index is -1.12. The number of rotatable bonds is 11. The molecule has 2 aromatic heterocycles. The highest BCUT2D eigenvalue weighted by Gasteiger charge is 2.25. The average Bonchev–Trinajstić information content (AvgIpc) is 3.27. The van der Waals surface area contributed by atoms with Crippen molar-refractivity contribution in [1.29, 1.82) is 0 Å². The van der Waals surface area contributed by atoms with Crippen LogP contribution in [0.4, 0.5) is 4.79 Å². The van der Waals surface area contributed by atoms with Gasteiger partial charge in [-0.05, 0) is 58.1 Å². The highest BCUT2D eigenvalue weighted by atomic mass is 16.6. The van der Waals surface area contributed by atoms with E-state index >= 15 is 0 Å². The fraction of sp³-hybridized carbons (Fsp3) is 0.452. The zero-order valence-corrected chi connectivity index (χ0v) is 25.5. The number of carbonyl (C=O) groups excluding carboxylic acids is 2. The standard InChI is InChI=1S/C31H40N4O7/c1-18(2)13-25-22(14-32-30(39)42-31(5,6)7)27(21-11-9-19(3)10-12-21)24(20(4)33-25)17-41-28-23(29(38)40-8)15-35(34-28)16-26(36)37/h9-12,15,18H,13-14,16-17H2,1-8H3,(H,32,39)(H,36,37). The summed E-state index contributed by atoms with van der Waals surface area (Å²) < 4.78 is 17.5. The van der Waals surface area contributed by atoms with E-state index in [2.05, 4.69) is 24.3 Å². The number of nitrogens with zero attached hydrogens (tertiary/aromatic N) is 3. The van der Waals surface area contributed by atoms with Crippen LogP contribution in [-0.4, -0.2) is 50.6 Å². The number of esters is 1. The number of alkyl carbamates (subject to hydrolysis) is 1. The molecule has 0 aliphatic heterocycles. The second-order valence-corrected chi connectivity index (χ2v) is 11.5. The first kappa shape index (κ1) is 32.1. The van der Waals surface area contributed by atoms with E-state index in [0.717, 1.165) is 38.2 Å². The third-order valence-electron chi connectivity index (χ3n) is 6.23. The fourth-order valence-electron chi connectivity index (χ4n) is 4.43. The van der Waals surface area contributed by atoms with E-state index in [-0.39, 0.29) is 24.6 Å². The molecule has 11 nitrogen and oxygen atoms in total. The van der Waals surface area contributed by atoms with E-state index in [4.69, 9.17) is 19.2 Å². The van der Waals surface area contributed by atoms with Crippen LogP contribution in [0.2, 0.25) is 0 Å². The number of aryl methyl sites for hydroxylation is 2. The minimum Gasteiger partial charge on any atom is -0.480 e. The summed E-state index contributed by atoms with van der Waals surface area (Å²) in [6.45, 7) is 13.2. The van der Waals surface area contributed by atoms with Crippen molar-refractivity contribution in [3.05, 3.63) is 64.1 Å². The number of carboxylic acid groups (broad SMARTS) is 1. The van der Waals surface area contributed by atoms with Crippen molar-refractivity contribution in [3.63, 3.8) is 0 Å². The van der Waals surface area contributed by atoms with Crippen LogP contribution in [0.25, 0.3) is 11.1 Å². The Morgan fingerprint density at radius 2 is 1.74 bits per heavy atom. The largest absolute Gasteiger partial charge is 0.480 e. The zero-order chi connectivity index (χ0) is 31.2. The first-order valence-electron chi connectivity index (χ1n) is 13.7. The summed E-state index contributed by atoms with van der Waals surface area (Å²) >= 11 is 0. The molecule has 226 valence electrons. The van der Waals surface area contributed by atoms with Crippen molar-refractivity contribution in [2.45, 2.75) is 80.2 Å². The van der Waals surface area contributed by atoms with Gasteiger partial charge < -0.3 is 24.6 Å². The maximum absolute atomic E-state index is 12.7. The lowest BCUT2D eigenvalue weighted by Crippen LogP contribution is -2.32. The molecule has 0 spiro atoms. The van der Waals surface area contributed by atoms with Gasteiger partial charge in [-0.25, -0.2) is 9.59 Å². The van der Waals surface area contributed by atoms with Gasteiger partial charge in [0.2, 0.25) is 5.88 Å². The molecule has 0 atom stereocenters. The number of methoxy groups -OCH3 is 1. The van der Waals surface area contributed by atoms with Crippen molar-refractivity contribution in [2.24, 2.45) is 5.92 Å². The van der Waals surface area contributed by atoms with E-state index in [1.807, 2.05) is 38.1 Å². The molecule has 0 aliphatic carbocycles. The molecule has 0 saturated heterocycles. The van der Waals surface area contributed by atoms with Crippen LogP contribution in [0.15, 0.2) is 30.5 Å². The van der Waals surface area contributed by atoms with E-state index in [1.54, 1.807) is 20.8 Å². The molecule has 0 radical (unpaired) electrons. The number of pyridine rings is 1.